The third kappa shape index (κ3) is 2.33. The van der Waals surface area contributed by atoms with E-state index >= 15 is 0 Å². The molecule has 0 bridgehead atoms. The molecule has 3 rings (SSSR count). The smallest absolute Gasteiger partial charge is 0.159 e. The summed E-state index contributed by atoms with van der Waals surface area (Å²) in [6, 6.07) is 12.0. The van der Waals surface area contributed by atoms with Crippen LogP contribution in [-0.2, 0) is 0 Å². The lowest BCUT2D eigenvalue weighted by Gasteiger charge is -2.21. The van der Waals surface area contributed by atoms with Crippen LogP contribution in [0.3, 0.4) is 0 Å². The molecule has 98 valence electrons. The average molecular weight is 259 g/mol. The Kier molecular flexibility index (Phi) is 3.20. The molecule has 1 saturated heterocycles. The highest BCUT2D eigenvalue weighted by Gasteiger charge is 2.16. The summed E-state index contributed by atoms with van der Waals surface area (Å²) in [4.78, 5) is 2.30. The van der Waals surface area contributed by atoms with Gasteiger partial charge in [-0.3, -0.25) is 0 Å². The largest absolute Gasteiger partial charge is 0.371 e. The molecule has 0 unspecified atom stereocenters. The van der Waals surface area contributed by atoms with Crippen molar-refractivity contribution >= 4 is 5.69 Å². The molecular weight excluding hydrogens is 244 g/mol. The first-order valence-electron chi connectivity index (χ1n) is 6.55. The Labute approximate surface area is 111 Å². The fraction of sp³-hybridized carbons (Fsp3) is 0.250. The fourth-order valence-corrected chi connectivity index (χ4v) is 2.62. The number of hydrogen-bond acceptors (Lipinski definition) is 1. The van der Waals surface area contributed by atoms with Crippen LogP contribution in [0.1, 0.15) is 12.8 Å². The second-order valence-corrected chi connectivity index (χ2v) is 4.84. The van der Waals surface area contributed by atoms with E-state index in [1.165, 1.54) is 25.0 Å². The van der Waals surface area contributed by atoms with E-state index < -0.39 is 11.6 Å². The van der Waals surface area contributed by atoms with Gasteiger partial charge in [0.25, 0.3) is 0 Å². The lowest BCUT2D eigenvalue weighted by molar-refractivity contribution is 0.509. The molecule has 0 radical (unpaired) electrons. The molecule has 2 aromatic carbocycles. The van der Waals surface area contributed by atoms with Crippen molar-refractivity contribution in [3.8, 4) is 11.1 Å². The van der Waals surface area contributed by atoms with Crippen molar-refractivity contribution in [2.24, 2.45) is 0 Å². The standard InChI is InChI=1S/C16H15F2N/c17-14-8-7-12(11-15(14)18)13-5-1-2-6-16(13)19-9-3-4-10-19/h1-2,5-8,11H,3-4,9-10H2. The number of hydrogen-bond donors (Lipinski definition) is 0. The molecule has 0 spiro atoms. The van der Waals surface area contributed by atoms with Gasteiger partial charge in [-0.05, 0) is 36.6 Å². The Bertz CT molecular complexity index is 589. The predicted molar refractivity (Wildman–Crippen MR) is 73.2 cm³/mol. The maximum Gasteiger partial charge on any atom is 0.159 e. The summed E-state index contributed by atoms with van der Waals surface area (Å²) in [5, 5.41) is 0. The summed E-state index contributed by atoms with van der Waals surface area (Å²) < 4.78 is 26.4. The topological polar surface area (TPSA) is 3.24 Å². The van der Waals surface area contributed by atoms with Gasteiger partial charge in [-0.2, -0.15) is 0 Å². The minimum atomic E-state index is -0.803. The molecule has 0 aromatic heterocycles. The van der Waals surface area contributed by atoms with Gasteiger partial charge in [-0.1, -0.05) is 24.3 Å². The molecule has 1 heterocycles. The van der Waals surface area contributed by atoms with E-state index in [0.29, 0.717) is 0 Å². The van der Waals surface area contributed by atoms with E-state index in [2.05, 4.69) is 4.90 Å². The maximum absolute atomic E-state index is 13.4. The minimum Gasteiger partial charge on any atom is -0.371 e. The summed E-state index contributed by atoms with van der Waals surface area (Å²) in [5.74, 6) is -1.60. The molecule has 0 aliphatic carbocycles. The van der Waals surface area contributed by atoms with Gasteiger partial charge in [0.2, 0.25) is 0 Å². The molecule has 0 atom stereocenters. The van der Waals surface area contributed by atoms with Crippen molar-refractivity contribution in [3.63, 3.8) is 0 Å². The zero-order chi connectivity index (χ0) is 13.2. The Morgan fingerprint density at radius 1 is 0.842 bits per heavy atom. The van der Waals surface area contributed by atoms with E-state index in [4.69, 9.17) is 0 Å². The number of anilines is 1. The van der Waals surface area contributed by atoms with Crippen molar-refractivity contribution in [3.05, 3.63) is 54.1 Å². The molecule has 0 N–H and O–H groups in total. The Balaban J connectivity index is 2.06. The number of rotatable bonds is 2. The zero-order valence-electron chi connectivity index (χ0n) is 10.6. The lowest BCUT2D eigenvalue weighted by atomic mass is 10.0. The van der Waals surface area contributed by atoms with Gasteiger partial charge in [-0.25, -0.2) is 8.78 Å². The number of para-hydroxylation sites is 1. The summed E-state index contributed by atoms with van der Waals surface area (Å²) in [6.07, 6.45) is 2.37. The van der Waals surface area contributed by atoms with Crippen molar-refractivity contribution in [2.45, 2.75) is 12.8 Å². The predicted octanol–water partition coefficient (Wildman–Crippen LogP) is 4.23. The molecule has 0 saturated carbocycles. The van der Waals surface area contributed by atoms with Gasteiger partial charge in [0.1, 0.15) is 0 Å². The summed E-state index contributed by atoms with van der Waals surface area (Å²) in [6.45, 7) is 2.06. The van der Waals surface area contributed by atoms with E-state index in [0.717, 1.165) is 29.9 Å². The number of benzene rings is 2. The SMILES string of the molecule is Fc1ccc(-c2ccccc2N2CCCC2)cc1F. The highest BCUT2D eigenvalue weighted by atomic mass is 19.2. The normalized spacial score (nSPS) is 14.9. The molecule has 1 nitrogen and oxygen atoms in total. The van der Waals surface area contributed by atoms with E-state index in [1.807, 2.05) is 24.3 Å². The lowest BCUT2D eigenvalue weighted by Crippen LogP contribution is -2.18. The summed E-state index contributed by atoms with van der Waals surface area (Å²) >= 11 is 0. The highest BCUT2D eigenvalue weighted by molar-refractivity contribution is 5.78. The van der Waals surface area contributed by atoms with Gasteiger partial charge in [0, 0.05) is 24.3 Å². The van der Waals surface area contributed by atoms with Gasteiger partial charge in [-0.15, -0.1) is 0 Å². The Morgan fingerprint density at radius 2 is 1.58 bits per heavy atom. The first kappa shape index (κ1) is 12.2. The maximum atomic E-state index is 13.4. The number of halogens is 2. The molecule has 3 heteroatoms. The van der Waals surface area contributed by atoms with Crippen LogP contribution in [0.25, 0.3) is 11.1 Å². The van der Waals surface area contributed by atoms with Crippen molar-refractivity contribution in [2.75, 3.05) is 18.0 Å². The van der Waals surface area contributed by atoms with Crippen LogP contribution in [0.15, 0.2) is 42.5 Å². The van der Waals surface area contributed by atoms with Crippen molar-refractivity contribution < 1.29 is 8.78 Å². The monoisotopic (exact) mass is 259 g/mol. The second kappa shape index (κ2) is 5.00. The number of nitrogens with zero attached hydrogens (tertiary/aromatic N) is 1. The van der Waals surface area contributed by atoms with Crippen LogP contribution >= 0.6 is 0 Å². The van der Waals surface area contributed by atoms with Crippen LogP contribution in [0.5, 0.6) is 0 Å². The summed E-state index contributed by atoms with van der Waals surface area (Å²) in [5.41, 5.74) is 2.79. The van der Waals surface area contributed by atoms with Gasteiger partial charge < -0.3 is 4.90 Å². The van der Waals surface area contributed by atoms with Crippen LogP contribution in [0.4, 0.5) is 14.5 Å². The quantitative estimate of drug-likeness (QED) is 0.780. The second-order valence-electron chi connectivity index (χ2n) is 4.84. The Hall–Kier alpha value is -1.90. The van der Waals surface area contributed by atoms with Gasteiger partial charge in [0.15, 0.2) is 11.6 Å². The van der Waals surface area contributed by atoms with Gasteiger partial charge >= 0.3 is 0 Å². The summed E-state index contributed by atoms with van der Waals surface area (Å²) in [7, 11) is 0. The van der Waals surface area contributed by atoms with E-state index in [-0.39, 0.29) is 0 Å². The minimum absolute atomic E-state index is 0.724. The molecule has 19 heavy (non-hydrogen) atoms. The van der Waals surface area contributed by atoms with Crippen molar-refractivity contribution in [1.29, 1.82) is 0 Å². The first-order chi connectivity index (χ1) is 9.25. The van der Waals surface area contributed by atoms with Crippen LogP contribution in [-0.4, -0.2) is 13.1 Å². The third-order valence-electron chi connectivity index (χ3n) is 3.58. The molecule has 2 aromatic rings. The zero-order valence-corrected chi connectivity index (χ0v) is 10.6. The molecular formula is C16H15F2N. The molecule has 1 fully saturated rings. The van der Waals surface area contributed by atoms with E-state index in [9.17, 15) is 8.78 Å². The molecule has 0 amide bonds. The van der Waals surface area contributed by atoms with Crippen LogP contribution in [0, 0.1) is 11.6 Å². The highest BCUT2D eigenvalue weighted by Crippen LogP contribution is 2.33. The first-order valence-corrected chi connectivity index (χ1v) is 6.55. The molecule has 1 aliphatic rings. The van der Waals surface area contributed by atoms with Crippen molar-refractivity contribution in [1.82, 2.24) is 0 Å². The van der Waals surface area contributed by atoms with Crippen LogP contribution < -0.4 is 4.90 Å². The fourth-order valence-electron chi connectivity index (χ4n) is 2.62. The Morgan fingerprint density at radius 3 is 2.32 bits per heavy atom. The van der Waals surface area contributed by atoms with Crippen LogP contribution in [0.2, 0.25) is 0 Å². The molecule has 1 aliphatic heterocycles. The van der Waals surface area contributed by atoms with Gasteiger partial charge in [0.05, 0.1) is 0 Å². The van der Waals surface area contributed by atoms with E-state index in [1.54, 1.807) is 6.07 Å². The third-order valence-corrected chi connectivity index (χ3v) is 3.58. The average Bonchev–Trinajstić information content (AvgIpc) is 2.96.